The van der Waals surface area contributed by atoms with Gasteiger partial charge in [0.25, 0.3) is 5.91 Å². The second kappa shape index (κ2) is 3.87. The summed E-state index contributed by atoms with van der Waals surface area (Å²) in [5.74, 6) is -0.814. The number of carbonyl (C=O) groups excluding carboxylic acids is 2. The number of nitrogens with two attached hydrogens (primary N) is 1. The van der Waals surface area contributed by atoms with Crippen LogP contribution in [0.1, 0.15) is 4.79 Å². The molecule has 0 spiro atoms. The first kappa shape index (κ1) is 11.1. The molecule has 0 aliphatic rings. The summed E-state index contributed by atoms with van der Waals surface area (Å²) in [4.78, 5) is 34.4. The zero-order valence-corrected chi connectivity index (χ0v) is 8.66. The monoisotopic (exact) mass is 235 g/mol. The number of fused-ring (bicyclic) bond motifs is 1. The average Bonchev–Trinajstić information content (AvgIpc) is 2.60. The van der Waals surface area contributed by atoms with Gasteiger partial charge in [-0.25, -0.2) is 18.7 Å². The number of rotatable bonds is 1. The Labute approximate surface area is 94.7 Å². The molecule has 88 valence electrons. The van der Waals surface area contributed by atoms with Crippen molar-refractivity contribution in [1.29, 1.82) is 0 Å². The van der Waals surface area contributed by atoms with Crippen LogP contribution < -0.4 is 11.4 Å². The number of para-hydroxylation sites is 2. The standard InChI is InChI=1S/C10H9N3O4/c11-9(16)13-7-4-2-1-3-6(7)12(10(13)17)8(15)5-14/h1-4,14H,5H2,(H2,11,16). The molecule has 1 amide bonds. The minimum atomic E-state index is -0.976. The fourth-order valence-electron chi connectivity index (χ4n) is 1.67. The number of amides is 1. The Morgan fingerprint density at radius 3 is 2.18 bits per heavy atom. The van der Waals surface area contributed by atoms with Crippen LogP contribution in [0, 0.1) is 0 Å². The van der Waals surface area contributed by atoms with Gasteiger partial charge < -0.3 is 10.8 Å². The molecule has 0 saturated heterocycles. The first-order valence-electron chi connectivity index (χ1n) is 4.74. The predicted molar refractivity (Wildman–Crippen MR) is 58.9 cm³/mol. The third-order valence-electron chi connectivity index (χ3n) is 2.35. The predicted octanol–water partition coefficient (Wildman–Crippen LogP) is -0.638. The Hall–Kier alpha value is -2.41. The van der Waals surface area contributed by atoms with E-state index in [0.29, 0.717) is 4.57 Å². The highest BCUT2D eigenvalue weighted by Crippen LogP contribution is 2.11. The summed E-state index contributed by atoms with van der Waals surface area (Å²) in [6, 6.07) is 5.21. The molecule has 7 nitrogen and oxygen atoms in total. The Bertz CT molecular complexity index is 668. The second-order valence-corrected chi connectivity index (χ2v) is 3.33. The van der Waals surface area contributed by atoms with Crippen molar-refractivity contribution in [3.8, 4) is 0 Å². The topological polar surface area (TPSA) is 107 Å². The largest absolute Gasteiger partial charge is 0.387 e. The fourth-order valence-corrected chi connectivity index (χ4v) is 1.67. The van der Waals surface area contributed by atoms with Crippen LogP contribution in [0.5, 0.6) is 0 Å². The van der Waals surface area contributed by atoms with Gasteiger partial charge >= 0.3 is 11.7 Å². The lowest BCUT2D eigenvalue weighted by molar-refractivity contribution is 0.0819. The number of hydrogen-bond donors (Lipinski definition) is 2. The molecule has 0 bridgehead atoms. The van der Waals surface area contributed by atoms with E-state index < -0.39 is 24.2 Å². The van der Waals surface area contributed by atoms with Gasteiger partial charge in [-0.1, -0.05) is 12.1 Å². The number of primary amides is 1. The van der Waals surface area contributed by atoms with Crippen LogP contribution in [0.15, 0.2) is 29.1 Å². The molecule has 0 unspecified atom stereocenters. The molecule has 0 aliphatic carbocycles. The lowest BCUT2D eigenvalue weighted by atomic mass is 10.3. The summed E-state index contributed by atoms with van der Waals surface area (Å²) >= 11 is 0. The van der Waals surface area contributed by atoms with Gasteiger partial charge in [-0.15, -0.1) is 0 Å². The number of hydrogen-bond acceptors (Lipinski definition) is 4. The molecule has 0 radical (unpaired) electrons. The fraction of sp³-hybridized carbons (Fsp3) is 0.100. The molecule has 1 aromatic heterocycles. The Kier molecular flexibility index (Phi) is 2.52. The molecule has 3 N–H and O–H groups in total. The van der Waals surface area contributed by atoms with Gasteiger partial charge in [-0.2, -0.15) is 0 Å². The molecule has 0 atom stereocenters. The number of nitrogens with zero attached hydrogens (tertiary/aromatic N) is 2. The summed E-state index contributed by atoms with van der Waals surface area (Å²) in [5, 5.41) is 8.79. The van der Waals surface area contributed by atoms with Crippen LogP contribution >= 0.6 is 0 Å². The molecular formula is C10H9N3O4. The van der Waals surface area contributed by atoms with Gasteiger partial charge in [0.05, 0.1) is 11.0 Å². The van der Waals surface area contributed by atoms with Gasteiger partial charge in [-0.3, -0.25) is 4.79 Å². The molecule has 0 aliphatic heterocycles. The molecule has 7 heteroatoms. The summed E-state index contributed by atoms with van der Waals surface area (Å²) in [7, 11) is 0. The quantitative estimate of drug-likeness (QED) is 0.685. The third-order valence-corrected chi connectivity index (χ3v) is 2.35. The van der Waals surface area contributed by atoms with Crippen LogP contribution in [-0.2, 0) is 0 Å². The summed E-state index contributed by atoms with van der Waals surface area (Å²) in [5.41, 5.74) is 4.66. The zero-order valence-electron chi connectivity index (χ0n) is 8.66. The van der Waals surface area contributed by atoms with E-state index in [1.807, 2.05) is 0 Å². The SMILES string of the molecule is NC(=O)n1c(=O)n(C(=O)CO)c2ccccc21. The van der Waals surface area contributed by atoms with Gasteiger partial charge in [0.2, 0.25) is 0 Å². The first-order chi connectivity index (χ1) is 8.07. The highest BCUT2D eigenvalue weighted by atomic mass is 16.3. The number of aliphatic hydroxyl groups excluding tert-OH is 1. The number of benzene rings is 1. The van der Waals surface area contributed by atoms with E-state index in [1.165, 1.54) is 12.1 Å². The van der Waals surface area contributed by atoms with Crippen LogP contribution in [0.25, 0.3) is 11.0 Å². The highest BCUT2D eigenvalue weighted by Gasteiger charge is 2.19. The number of aromatic nitrogens is 2. The summed E-state index contributed by atoms with van der Waals surface area (Å²) < 4.78 is 1.41. The zero-order chi connectivity index (χ0) is 12.6. The van der Waals surface area contributed by atoms with Crippen molar-refractivity contribution in [1.82, 2.24) is 9.13 Å². The average molecular weight is 235 g/mol. The number of carbonyl (C=O) groups is 2. The molecule has 0 saturated carbocycles. The van der Waals surface area contributed by atoms with E-state index in [4.69, 9.17) is 10.8 Å². The third kappa shape index (κ3) is 1.53. The minimum Gasteiger partial charge on any atom is -0.387 e. The lowest BCUT2D eigenvalue weighted by Gasteiger charge is -1.96. The van der Waals surface area contributed by atoms with Crippen LogP contribution in [0.4, 0.5) is 4.79 Å². The smallest absolute Gasteiger partial charge is 0.344 e. The maximum absolute atomic E-state index is 11.8. The maximum atomic E-state index is 11.8. The maximum Gasteiger partial charge on any atom is 0.344 e. The molecule has 17 heavy (non-hydrogen) atoms. The second-order valence-electron chi connectivity index (χ2n) is 3.33. The van der Waals surface area contributed by atoms with Crippen molar-refractivity contribution in [3.63, 3.8) is 0 Å². The molecule has 0 fully saturated rings. The molecule has 1 heterocycles. The number of aliphatic hydroxyl groups is 1. The van der Waals surface area contributed by atoms with Crippen molar-refractivity contribution in [3.05, 3.63) is 34.7 Å². The van der Waals surface area contributed by atoms with Gasteiger partial charge in [0.15, 0.2) is 0 Å². The highest BCUT2D eigenvalue weighted by molar-refractivity contribution is 5.95. The van der Waals surface area contributed by atoms with Gasteiger partial charge in [-0.05, 0) is 12.1 Å². The Morgan fingerprint density at radius 1 is 1.18 bits per heavy atom. The van der Waals surface area contributed by atoms with Gasteiger partial charge in [0.1, 0.15) is 6.61 Å². The van der Waals surface area contributed by atoms with E-state index in [1.54, 1.807) is 12.1 Å². The Morgan fingerprint density at radius 2 is 1.71 bits per heavy atom. The van der Waals surface area contributed by atoms with Crippen LogP contribution in [-0.4, -0.2) is 32.8 Å². The van der Waals surface area contributed by atoms with Crippen LogP contribution in [0.3, 0.4) is 0 Å². The minimum absolute atomic E-state index is 0.229. The Balaban J connectivity index is 2.94. The van der Waals surface area contributed by atoms with Crippen molar-refractivity contribution >= 4 is 23.0 Å². The van der Waals surface area contributed by atoms with E-state index in [9.17, 15) is 14.4 Å². The van der Waals surface area contributed by atoms with Crippen molar-refractivity contribution in [2.45, 2.75) is 0 Å². The van der Waals surface area contributed by atoms with E-state index in [-0.39, 0.29) is 11.0 Å². The van der Waals surface area contributed by atoms with Crippen LogP contribution in [0.2, 0.25) is 0 Å². The molecular weight excluding hydrogens is 226 g/mol. The van der Waals surface area contributed by atoms with Crippen molar-refractivity contribution in [2.24, 2.45) is 5.73 Å². The molecule has 1 aromatic carbocycles. The summed E-state index contributed by atoms with van der Waals surface area (Å²) in [6.07, 6.45) is 0. The van der Waals surface area contributed by atoms with E-state index in [2.05, 4.69) is 0 Å². The van der Waals surface area contributed by atoms with E-state index >= 15 is 0 Å². The molecule has 2 aromatic rings. The van der Waals surface area contributed by atoms with E-state index in [0.717, 1.165) is 4.57 Å². The summed E-state index contributed by atoms with van der Waals surface area (Å²) in [6.45, 7) is -0.827. The normalized spacial score (nSPS) is 10.6. The van der Waals surface area contributed by atoms with Crippen molar-refractivity contribution < 1.29 is 14.7 Å². The lowest BCUT2D eigenvalue weighted by Crippen LogP contribution is -2.35. The number of imidazole rings is 1. The first-order valence-corrected chi connectivity index (χ1v) is 4.74. The van der Waals surface area contributed by atoms with Gasteiger partial charge in [0, 0.05) is 0 Å². The molecule has 2 rings (SSSR count). The van der Waals surface area contributed by atoms with Crippen molar-refractivity contribution in [2.75, 3.05) is 6.61 Å².